The van der Waals surface area contributed by atoms with Gasteiger partial charge in [-0.1, -0.05) is 22.9 Å². The van der Waals surface area contributed by atoms with E-state index in [9.17, 15) is 0 Å². The molecule has 4 heteroatoms. The summed E-state index contributed by atoms with van der Waals surface area (Å²) in [5, 5.41) is 3.52. The van der Waals surface area contributed by atoms with Gasteiger partial charge < -0.3 is 14.8 Å². The lowest BCUT2D eigenvalue weighted by atomic mass is 10.2. The zero-order valence-corrected chi connectivity index (χ0v) is 13.3. The number of ether oxygens (including phenoxy) is 2. The molecule has 1 aliphatic rings. The number of hydrogen-bond acceptors (Lipinski definition) is 3. The molecule has 0 heterocycles. The Morgan fingerprint density at radius 3 is 2.58 bits per heavy atom. The third kappa shape index (κ3) is 4.39. The molecule has 1 aromatic carbocycles. The minimum Gasteiger partial charge on any atom is -0.490 e. The van der Waals surface area contributed by atoms with Crippen LogP contribution < -0.4 is 14.8 Å². The van der Waals surface area contributed by atoms with Gasteiger partial charge in [0, 0.05) is 17.1 Å². The summed E-state index contributed by atoms with van der Waals surface area (Å²) in [4.78, 5) is 0. The van der Waals surface area contributed by atoms with Crippen molar-refractivity contribution >= 4 is 15.9 Å². The maximum absolute atomic E-state index is 5.74. The second-order valence-electron chi connectivity index (χ2n) is 4.83. The standard InChI is InChI=1S/C15H22BrNO2/c1-3-7-19-15-9-13(16)11(8-14(15)18-4-2)10-17-12-5-6-12/h8-9,12,17H,3-7,10H2,1-2H3. The van der Waals surface area contributed by atoms with Crippen LogP contribution in [0.4, 0.5) is 0 Å². The monoisotopic (exact) mass is 327 g/mol. The number of halogens is 1. The van der Waals surface area contributed by atoms with Crippen LogP contribution in [0.1, 0.15) is 38.7 Å². The molecule has 0 radical (unpaired) electrons. The van der Waals surface area contributed by atoms with Crippen LogP contribution in [-0.4, -0.2) is 19.3 Å². The van der Waals surface area contributed by atoms with Gasteiger partial charge in [0.1, 0.15) is 0 Å². The van der Waals surface area contributed by atoms with E-state index in [0.717, 1.165) is 28.9 Å². The van der Waals surface area contributed by atoms with Crippen molar-refractivity contribution in [2.24, 2.45) is 0 Å². The Labute approximate surface area is 123 Å². The molecule has 3 nitrogen and oxygen atoms in total. The normalized spacial score (nSPS) is 14.5. The molecule has 0 bridgehead atoms. The quantitative estimate of drug-likeness (QED) is 0.785. The van der Waals surface area contributed by atoms with Gasteiger partial charge in [0.25, 0.3) is 0 Å². The lowest BCUT2D eigenvalue weighted by molar-refractivity contribution is 0.276. The summed E-state index contributed by atoms with van der Waals surface area (Å²) in [6.45, 7) is 6.34. The fourth-order valence-corrected chi connectivity index (χ4v) is 2.31. The first-order valence-corrected chi connectivity index (χ1v) is 7.85. The first-order valence-electron chi connectivity index (χ1n) is 7.06. The topological polar surface area (TPSA) is 30.5 Å². The zero-order valence-electron chi connectivity index (χ0n) is 11.7. The second kappa shape index (κ2) is 7.15. The molecule has 19 heavy (non-hydrogen) atoms. The van der Waals surface area contributed by atoms with E-state index in [0.29, 0.717) is 19.3 Å². The Bertz CT molecular complexity index is 419. The van der Waals surface area contributed by atoms with Gasteiger partial charge in [-0.05, 0) is 43.9 Å². The largest absolute Gasteiger partial charge is 0.490 e. The predicted octanol–water partition coefficient (Wildman–Crippen LogP) is 3.89. The third-order valence-electron chi connectivity index (χ3n) is 3.03. The lowest BCUT2D eigenvalue weighted by Crippen LogP contribution is -2.15. The van der Waals surface area contributed by atoms with Crippen molar-refractivity contribution in [1.29, 1.82) is 0 Å². The fourth-order valence-electron chi connectivity index (χ4n) is 1.85. The van der Waals surface area contributed by atoms with Crippen molar-refractivity contribution < 1.29 is 9.47 Å². The van der Waals surface area contributed by atoms with Crippen LogP contribution in [0.3, 0.4) is 0 Å². The maximum atomic E-state index is 5.74. The first kappa shape index (κ1) is 14.7. The van der Waals surface area contributed by atoms with Gasteiger partial charge in [-0.2, -0.15) is 0 Å². The van der Waals surface area contributed by atoms with Gasteiger partial charge in [-0.3, -0.25) is 0 Å². The molecule has 0 aromatic heterocycles. The third-order valence-corrected chi connectivity index (χ3v) is 3.77. The maximum Gasteiger partial charge on any atom is 0.162 e. The molecule has 0 aliphatic heterocycles. The van der Waals surface area contributed by atoms with Gasteiger partial charge in [-0.15, -0.1) is 0 Å². The highest BCUT2D eigenvalue weighted by molar-refractivity contribution is 9.10. The van der Waals surface area contributed by atoms with Gasteiger partial charge in [0.2, 0.25) is 0 Å². The SMILES string of the molecule is CCCOc1cc(Br)c(CNC2CC2)cc1OCC. The molecule has 0 amide bonds. The molecule has 0 saturated heterocycles. The van der Waals surface area contributed by atoms with Crippen molar-refractivity contribution in [2.75, 3.05) is 13.2 Å². The predicted molar refractivity (Wildman–Crippen MR) is 81.0 cm³/mol. The van der Waals surface area contributed by atoms with Crippen molar-refractivity contribution in [3.05, 3.63) is 22.2 Å². The highest BCUT2D eigenvalue weighted by Gasteiger charge is 2.21. The van der Waals surface area contributed by atoms with Crippen molar-refractivity contribution in [1.82, 2.24) is 5.32 Å². The molecular weight excluding hydrogens is 306 g/mol. The summed E-state index contributed by atoms with van der Waals surface area (Å²) >= 11 is 3.62. The number of nitrogens with one attached hydrogen (secondary N) is 1. The van der Waals surface area contributed by atoms with E-state index in [2.05, 4.69) is 34.2 Å². The van der Waals surface area contributed by atoms with Gasteiger partial charge >= 0.3 is 0 Å². The summed E-state index contributed by atoms with van der Waals surface area (Å²) in [6, 6.07) is 4.80. The van der Waals surface area contributed by atoms with E-state index in [4.69, 9.17) is 9.47 Å². The van der Waals surface area contributed by atoms with Crippen molar-refractivity contribution in [3.63, 3.8) is 0 Å². The number of hydrogen-bond donors (Lipinski definition) is 1. The molecule has 0 atom stereocenters. The van der Waals surface area contributed by atoms with Crippen LogP contribution in [0.5, 0.6) is 11.5 Å². The minimum atomic E-state index is 0.652. The highest BCUT2D eigenvalue weighted by atomic mass is 79.9. The van der Waals surface area contributed by atoms with Gasteiger partial charge in [0.15, 0.2) is 11.5 Å². The molecule has 2 rings (SSSR count). The summed E-state index contributed by atoms with van der Waals surface area (Å²) < 4.78 is 12.5. The summed E-state index contributed by atoms with van der Waals surface area (Å²) in [5.41, 5.74) is 1.22. The molecule has 106 valence electrons. The Kier molecular flexibility index (Phi) is 5.52. The summed E-state index contributed by atoms with van der Waals surface area (Å²) in [7, 11) is 0. The number of benzene rings is 1. The van der Waals surface area contributed by atoms with E-state index in [1.807, 2.05) is 13.0 Å². The van der Waals surface area contributed by atoms with Gasteiger partial charge in [0.05, 0.1) is 13.2 Å². The van der Waals surface area contributed by atoms with E-state index >= 15 is 0 Å². The molecule has 0 spiro atoms. The zero-order chi connectivity index (χ0) is 13.7. The molecule has 1 aromatic rings. The Balaban J connectivity index is 2.11. The van der Waals surface area contributed by atoms with Crippen LogP contribution >= 0.6 is 15.9 Å². The molecule has 1 saturated carbocycles. The Morgan fingerprint density at radius 2 is 1.95 bits per heavy atom. The van der Waals surface area contributed by atoms with Crippen LogP contribution in [0.25, 0.3) is 0 Å². The van der Waals surface area contributed by atoms with Crippen LogP contribution in [0.2, 0.25) is 0 Å². The lowest BCUT2D eigenvalue weighted by Gasteiger charge is -2.15. The Hall–Kier alpha value is -0.740. The minimum absolute atomic E-state index is 0.652. The molecule has 1 N–H and O–H groups in total. The Morgan fingerprint density at radius 1 is 1.21 bits per heavy atom. The fraction of sp³-hybridized carbons (Fsp3) is 0.600. The molecular formula is C15H22BrNO2. The average Bonchev–Trinajstić information content (AvgIpc) is 3.21. The number of rotatable bonds is 8. The second-order valence-corrected chi connectivity index (χ2v) is 5.68. The van der Waals surface area contributed by atoms with Crippen molar-refractivity contribution in [2.45, 2.75) is 45.7 Å². The molecule has 0 unspecified atom stereocenters. The van der Waals surface area contributed by atoms with Crippen LogP contribution in [0.15, 0.2) is 16.6 Å². The average molecular weight is 328 g/mol. The smallest absolute Gasteiger partial charge is 0.162 e. The molecule has 1 fully saturated rings. The summed E-state index contributed by atoms with van der Waals surface area (Å²) in [5.74, 6) is 1.66. The summed E-state index contributed by atoms with van der Waals surface area (Å²) in [6.07, 6.45) is 3.59. The van der Waals surface area contributed by atoms with Crippen LogP contribution in [0, 0.1) is 0 Å². The van der Waals surface area contributed by atoms with Crippen molar-refractivity contribution in [3.8, 4) is 11.5 Å². The van der Waals surface area contributed by atoms with Crippen LogP contribution in [-0.2, 0) is 6.54 Å². The van der Waals surface area contributed by atoms with E-state index in [-0.39, 0.29) is 0 Å². The van der Waals surface area contributed by atoms with E-state index < -0.39 is 0 Å². The van der Waals surface area contributed by atoms with E-state index in [1.54, 1.807) is 0 Å². The first-order chi connectivity index (χ1) is 9.24. The van der Waals surface area contributed by atoms with E-state index in [1.165, 1.54) is 18.4 Å². The molecule has 1 aliphatic carbocycles. The highest BCUT2D eigenvalue weighted by Crippen LogP contribution is 2.34. The van der Waals surface area contributed by atoms with Gasteiger partial charge in [-0.25, -0.2) is 0 Å².